The van der Waals surface area contributed by atoms with Crippen LogP contribution in [0, 0.1) is 0 Å². The van der Waals surface area contributed by atoms with Crippen LogP contribution in [0.1, 0.15) is 58.6 Å². The number of rotatable bonds is 9. The van der Waals surface area contributed by atoms with Gasteiger partial charge in [-0.2, -0.15) is 0 Å². The van der Waals surface area contributed by atoms with E-state index in [0.29, 0.717) is 24.1 Å². The van der Waals surface area contributed by atoms with E-state index in [1.165, 1.54) is 11.0 Å². The van der Waals surface area contributed by atoms with Gasteiger partial charge in [0.2, 0.25) is 5.91 Å². The van der Waals surface area contributed by atoms with Crippen LogP contribution in [-0.2, 0) is 32.3 Å². The highest BCUT2D eigenvalue weighted by molar-refractivity contribution is 9.10. The van der Waals surface area contributed by atoms with Gasteiger partial charge in [0.05, 0.1) is 16.7 Å². The van der Waals surface area contributed by atoms with E-state index in [1.54, 1.807) is 53.8 Å². The zero-order valence-electron chi connectivity index (χ0n) is 21.2. The van der Waals surface area contributed by atoms with Crippen LogP contribution in [0.15, 0.2) is 51.8 Å². The first kappa shape index (κ1) is 28.8. The number of benzene rings is 2. The topological polar surface area (TPSA) is 92.8 Å². The maximum atomic E-state index is 12.9. The van der Waals surface area contributed by atoms with Gasteiger partial charge in [0.25, 0.3) is 0 Å². The Kier molecular flexibility index (Phi) is 9.92. The molecule has 0 fully saturated rings. The largest absolute Gasteiger partial charge is 0.444 e. The van der Waals surface area contributed by atoms with Crippen LogP contribution in [0.25, 0.3) is 0 Å². The maximum Gasteiger partial charge on any atom is 0.410 e. The Morgan fingerprint density at radius 3 is 2.29 bits per heavy atom. The van der Waals surface area contributed by atoms with Crippen LogP contribution in [0.5, 0.6) is 0 Å². The van der Waals surface area contributed by atoms with E-state index in [4.69, 9.17) is 4.74 Å². The third kappa shape index (κ3) is 8.96. The Bertz CT molecular complexity index is 1140. The number of carbonyl (C=O) groups excluding carboxylic acids is 2. The lowest BCUT2D eigenvalue weighted by Crippen LogP contribution is -2.34. The molecule has 2 rings (SSSR count). The Morgan fingerprint density at radius 1 is 1.09 bits per heavy atom. The molecular formula is C26H35BrN2O5S. The summed E-state index contributed by atoms with van der Waals surface area (Å²) in [5, 5.41) is 2.22. The lowest BCUT2D eigenvalue weighted by atomic mass is 10.1. The number of hydrogen-bond donors (Lipinski definition) is 1. The van der Waals surface area contributed by atoms with E-state index >= 15 is 0 Å². The van der Waals surface area contributed by atoms with Gasteiger partial charge < -0.3 is 15.0 Å². The van der Waals surface area contributed by atoms with Crippen LogP contribution in [-0.4, -0.2) is 43.2 Å². The fourth-order valence-electron chi connectivity index (χ4n) is 3.30. The van der Waals surface area contributed by atoms with E-state index in [9.17, 15) is 18.0 Å². The third-order valence-electron chi connectivity index (χ3n) is 5.17. The molecule has 2 amide bonds. The number of nitrogens with zero attached hydrogens (tertiary/aromatic N) is 1. The standard InChI is InChI=1S/C26H35BrN2O5S/c1-18(2)35(32,33)23-15-14-22(16-20(23)17-29(6)25(31)34-26(3,4)5)28-24(30)9-7-8-19-10-12-21(27)13-11-19/h10-16,18H,7-9,17H2,1-6H3,(H,28,30). The molecule has 0 unspecified atom stereocenters. The number of aryl methyl sites for hydroxylation is 1. The summed E-state index contributed by atoms with van der Waals surface area (Å²) in [6.07, 6.45) is 1.22. The SMILES string of the molecule is CC(C)S(=O)(=O)c1ccc(NC(=O)CCCc2ccc(Br)cc2)cc1CN(C)C(=O)OC(C)(C)C. The average Bonchev–Trinajstić information content (AvgIpc) is 2.73. The molecule has 0 saturated carbocycles. The molecule has 192 valence electrons. The number of amides is 2. The van der Waals surface area contributed by atoms with Gasteiger partial charge in [-0.15, -0.1) is 0 Å². The Balaban J connectivity index is 2.16. The van der Waals surface area contributed by atoms with Crippen molar-refractivity contribution in [2.75, 3.05) is 12.4 Å². The average molecular weight is 568 g/mol. The summed E-state index contributed by atoms with van der Waals surface area (Å²) in [4.78, 5) is 26.4. The van der Waals surface area contributed by atoms with E-state index in [-0.39, 0.29) is 17.3 Å². The second-order valence-electron chi connectivity index (χ2n) is 9.78. The molecule has 0 atom stereocenters. The number of hydrogen-bond acceptors (Lipinski definition) is 5. The van der Waals surface area contributed by atoms with Gasteiger partial charge in [-0.05, 0) is 88.9 Å². The predicted octanol–water partition coefficient (Wildman–Crippen LogP) is 5.96. The maximum absolute atomic E-state index is 12.9. The fourth-order valence-corrected chi connectivity index (χ4v) is 4.82. The van der Waals surface area contributed by atoms with Crippen molar-refractivity contribution < 1.29 is 22.7 Å². The Labute approximate surface area is 217 Å². The van der Waals surface area contributed by atoms with Crippen molar-refractivity contribution in [3.63, 3.8) is 0 Å². The molecule has 7 nitrogen and oxygen atoms in total. The van der Waals surface area contributed by atoms with Crippen LogP contribution in [0.4, 0.5) is 10.5 Å². The van der Waals surface area contributed by atoms with Crippen molar-refractivity contribution in [3.8, 4) is 0 Å². The molecule has 0 aromatic heterocycles. The summed E-state index contributed by atoms with van der Waals surface area (Å²) in [6.45, 7) is 8.53. The van der Waals surface area contributed by atoms with Crippen LogP contribution < -0.4 is 5.32 Å². The molecule has 0 spiro atoms. The van der Waals surface area contributed by atoms with Gasteiger partial charge >= 0.3 is 6.09 Å². The number of sulfone groups is 1. The van der Waals surface area contributed by atoms with Crippen molar-refractivity contribution >= 4 is 43.5 Å². The van der Waals surface area contributed by atoms with Crippen molar-refractivity contribution in [2.24, 2.45) is 0 Å². The first-order valence-corrected chi connectivity index (χ1v) is 13.9. The van der Waals surface area contributed by atoms with Crippen LogP contribution >= 0.6 is 15.9 Å². The molecular weight excluding hydrogens is 532 g/mol. The third-order valence-corrected chi connectivity index (χ3v) is 7.95. The summed E-state index contributed by atoms with van der Waals surface area (Å²) in [6, 6.07) is 12.7. The van der Waals surface area contributed by atoms with Crippen molar-refractivity contribution in [1.29, 1.82) is 0 Å². The molecule has 35 heavy (non-hydrogen) atoms. The summed E-state index contributed by atoms with van der Waals surface area (Å²) in [5.74, 6) is -0.159. The van der Waals surface area contributed by atoms with E-state index in [0.717, 1.165) is 16.5 Å². The van der Waals surface area contributed by atoms with Gasteiger partial charge in [0.15, 0.2) is 9.84 Å². The highest BCUT2D eigenvalue weighted by Gasteiger charge is 2.26. The van der Waals surface area contributed by atoms with Crippen LogP contribution in [0.2, 0.25) is 0 Å². The molecule has 0 radical (unpaired) electrons. The fraction of sp³-hybridized carbons (Fsp3) is 0.462. The minimum absolute atomic E-state index is 0.0173. The Morgan fingerprint density at radius 2 is 1.71 bits per heavy atom. The highest BCUT2D eigenvalue weighted by Crippen LogP contribution is 2.26. The molecule has 0 aliphatic heterocycles. The summed E-state index contributed by atoms with van der Waals surface area (Å²) in [5.41, 5.74) is 1.37. The number of anilines is 1. The molecule has 0 heterocycles. The molecule has 0 saturated heterocycles. The van der Waals surface area contributed by atoms with E-state index in [1.807, 2.05) is 24.3 Å². The zero-order chi connectivity index (χ0) is 26.4. The lowest BCUT2D eigenvalue weighted by molar-refractivity contribution is -0.116. The predicted molar refractivity (Wildman–Crippen MR) is 142 cm³/mol. The Hall–Kier alpha value is -2.39. The van der Waals surface area contributed by atoms with Gasteiger partial charge in [-0.3, -0.25) is 4.79 Å². The molecule has 0 aliphatic carbocycles. The smallest absolute Gasteiger partial charge is 0.410 e. The first-order valence-electron chi connectivity index (χ1n) is 11.5. The van der Waals surface area contributed by atoms with Crippen molar-refractivity contribution in [1.82, 2.24) is 4.90 Å². The van der Waals surface area contributed by atoms with Gasteiger partial charge in [0, 0.05) is 23.6 Å². The quantitative estimate of drug-likeness (QED) is 0.404. The highest BCUT2D eigenvalue weighted by atomic mass is 79.9. The monoisotopic (exact) mass is 566 g/mol. The number of ether oxygens (including phenoxy) is 1. The number of halogens is 1. The minimum atomic E-state index is -3.60. The molecule has 0 bridgehead atoms. The first-order chi connectivity index (χ1) is 16.2. The van der Waals surface area contributed by atoms with Crippen molar-refractivity contribution in [2.45, 2.75) is 76.2 Å². The molecule has 2 aromatic rings. The van der Waals surface area contributed by atoms with E-state index < -0.39 is 26.8 Å². The molecule has 0 aliphatic rings. The molecule has 2 aromatic carbocycles. The van der Waals surface area contributed by atoms with E-state index in [2.05, 4.69) is 21.2 Å². The van der Waals surface area contributed by atoms with Gasteiger partial charge in [-0.1, -0.05) is 28.1 Å². The number of nitrogens with one attached hydrogen (secondary N) is 1. The summed E-state index contributed by atoms with van der Waals surface area (Å²) >= 11 is 3.41. The normalized spacial score (nSPS) is 11.9. The second-order valence-corrected chi connectivity index (χ2v) is 13.2. The van der Waals surface area contributed by atoms with Crippen LogP contribution in [0.3, 0.4) is 0 Å². The zero-order valence-corrected chi connectivity index (χ0v) is 23.6. The number of carbonyl (C=O) groups is 2. The van der Waals surface area contributed by atoms with Crippen molar-refractivity contribution in [3.05, 3.63) is 58.1 Å². The lowest BCUT2D eigenvalue weighted by Gasteiger charge is -2.25. The summed E-state index contributed by atoms with van der Waals surface area (Å²) in [7, 11) is -2.05. The molecule has 1 N–H and O–H groups in total. The minimum Gasteiger partial charge on any atom is -0.444 e. The molecule has 9 heteroatoms. The van der Waals surface area contributed by atoms with Gasteiger partial charge in [0.1, 0.15) is 5.60 Å². The van der Waals surface area contributed by atoms with Gasteiger partial charge in [-0.25, -0.2) is 13.2 Å². The second kappa shape index (κ2) is 12.0. The summed E-state index contributed by atoms with van der Waals surface area (Å²) < 4.78 is 32.3.